The van der Waals surface area contributed by atoms with Gasteiger partial charge in [-0.05, 0) is 42.7 Å². The van der Waals surface area contributed by atoms with Crippen LogP contribution in [0.2, 0.25) is 0 Å². The number of guanidine groups is 1. The molecule has 2 aromatic rings. The first-order valence-corrected chi connectivity index (χ1v) is 11.9. The Morgan fingerprint density at radius 3 is 2.41 bits per heavy atom. The van der Waals surface area contributed by atoms with Crippen molar-refractivity contribution in [3.63, 3.8) is 0 Å². The van der Waals surface area contributed by atoms with Crippen LogP contribution in [0.4, 0.5) is 4.39 Å². The summed E-state index contributed by atoms with van der Waals surface area (Å²) in [4.78, 5) is 5.18. The summed E-state index contributed by atoms with van der Waals surface area (Å²) in [6, 6.07) is 10.1. The van der Waals surface area contributed by atoms with E-state index < -0.39 is 10.0 Å². The first-order valence-electron chi connectivity index (χ1n) is 9.68. The highest BCUT2D eigenvalue weighted by Crippen LogP contribution is 2.25. The van der Waals surface area contributed by atoms with Crippen molar-refractivity contribution >= 4 is 27.3 Å². The van der Waals surface area contributed by atoms with Crippen LogP contribution in [0.5, 0.6) is 0 Å². The van der Waals surface area contributed by atoms with Gasteiger partial charge in [-0.1, -0.05) is 26.0 Å². The lowest BCUT2D eigenvalue weighted by molar-refractivity contribution is 0.447. The lowest BCUT2D eigenvalue weighted by Gasteiger charge is -2.16. The number of benzene rings is 1. The summed E-state index contributed by atoms with van der Waals surface area (Å²) >= 11 is 1.31. The predicted molar refractivity (Wildman–Crippen MR) is 118 cm³/mol. The number of halogens is 1. The monoisotopic (exact) mass is 440 g/mol. The third kappa shape index (κ3) is 6.80. The maximum absolute atomic E-state index is 13.2. The van der Waals surface area contributed by atoms with Crippen LogP contribution in [-0.4, -0.2) is 51.9 Å². The molecule has 0 aliphatic rings. The Balaban J connectivity index is 1.80. The number of sulfonamides is 1. The molecule has 1 heterocycles. The average molecular weight is 441 g/mol. The highest BCUT2D eigenvalue weighted by atomic mass is 32.2. The molecule has 160 valence electrons. The molecule has 2 rings (SSSR count). The number of hydrogen-bond acceptors (Lipinski definition) is 4. The van der Waals surface area contributed by atoms with Crippen molar-refractivity contribution in [1.29, 1.82) is 0 Å². The van der Waals surface area contributed by atoms with E-state index in [1.54, 1.807) is 19.2 Å². The molecule has 0 bridgehead atoms. The van der Waals surface area contributed by atoms with Gasteiger partial charge in [-0.15, -0.1) is 11.3 Å². The molecule has 0 atom stereocenters. The van der Waals surface area contributed by atoms with E-state index >= 15 is 0 Å². The van der Waals surface area contributed by atoms with Crippen molar-refractivity contribution < 1.29 is 12.8 Å². The molecule has 9 heteroatoms. The van der Waals surface area contributed by atoms with Crippen molar-refractivity contribution in [2.24, 2.45) is 4.99 Å². The summed E-state index contributed by atoms with van der Waals surface area (Å²) in [5.41, 5.74) is 0.925. The normalized spacial score (nSPS) is 12.4. The fourth-order valence-electron chi connectivity index (χ4n) is 2.86. The number of aliphatic imine (C=N–C) groups is 1. The van der Waals surface area contributed by atoms with Gasteiger partial charge >= 0.3 is 0 Å². The number of rotatable bonds is 10. The lowest BCUT2D eigenvalue weighted by Crippen LogP contribution is -2.39. The van der Waals surface area contributed by atoms with E-state index in [4.69, 9.17) is 0 Å². The second-order valence-electron chi connectivity index (χ2n) is 6.37. The van der Waals surface area contributed by atoms with Crippen LogP contribution < -0.4 is 10.6 Å². The summed E-state index contributed by atoms with van der Waals surface area (Å²) in [5, 5.41) is 6.42. The third-order valence-corrected chi connectivity index (χ3v) is 8.08. The maximum Gasteiger partial charge on any atom is 0.252 e. The number of nitrogens with zero attached hydrogens (tertiary/aromatic N) is 2. The molecule has 1 aromatic heterocycles. The van der Waals surface area contributed by atoms with E-state index in [9.17, 15) is 12.8 Å². The Hall–Kier alpha value is -1.97. The van der Waals surface area contributed by atoms with E-state index in [-0.39, 0.29) is 5.82 Å². The van der Waals surface area contributed by atoms with Crippen LogP contribution >= 0.6 is 11.3 Å². The Morgan fingerprint density at radius 2 is 1.79 bits per heavy atom. The van der Waals surface area contributed by atoms with Crippen molar-refractivity contribution in [1.82, 2.24) is 14.9 Å². The van der Waals surface area contributed by atoms with E-state index in [1.807, 2.05) is 26.0 Å². The van der Waals surface area contributed by atoms with Crippen LogP contribution in [0.25, 0.3) is 0 Å². The summed E-state index contributed by atoms with van der Waals surface area (Å²) in [7, 11) is -1.71. The fourth-order valence-corrected chi connectivity index (χ4v) is 5.83. The van der Waals surface area contributed by atoms with Crippen molar-refractivity contribution in [2.45, 2.75) is 30.9 Å². The van der Waals surface area contributed by atoms with Crippen molar-refractivity contribution in [3.05, 3.63) is 52.7 Å². The molecule has 0 saturated heterocycles. The zero-order valence-corrected chi connectivity index (χ0v) is 18.7. The van der Waals surface area contributed by atoms with Gasteiger partial charge in [0, 0.05) is 38.1 Å². The molecule has 0 radical (unpaired) electrons. The van der Waals surface area contributed by atoms with Gasteiger partial charge in [-0.2, -0.15) is 4.31 Å². The first-order chi connectivity index (χ1) is 13.9. The molecule has 2 N–H and O–H groups in total. The average Bonchev–Trinajstić information content (AvgIpc) is 3.17. The van der Waals surface area contributed by atoms with Crippen LogP contribution in [0.15, 0.2) is 45.6 Å². The van der Waals surface area contributed by atoms with Crippen molar-refractivity contribution in [2.75, 3.05) is 33.2 Å². The minimum absolute atomic E-state index is 0.233. The molecule has 0 spiro atoms. The summed E-state index contributed by atoms with van der Waals surface area (Å²) in [6.07, 6.45) is 1.39. The quantitative estimate of drug-likeness (QED) is 0.440. The molecule has 0 fully saturated rings. The molecule has 1 aromatic carbocycles. The second-order valence-corrected chi connectivity index (χ2v) is 9.70. The molecule has 29 heavy (non-hydrogen) atoms. The van der Waals surface area contributed by atoms with Gasteiger partial charge in [0.05, 0.1) is 0 Å². The van der Waals surface area contributed by atoms with Crippen molar-refractivity contribution in [3.8, 4) is 0 Å². The lowest BCUT2D eigenvalue weighted by atomic mass is 10.1. The first kappa shape index (κ1) is 23.3. The fraction of sp³-hybridized carbons (Fsp3) is 0.450. The molecule has 0 saturated carbocycles. The standard InChI is InChI=1S/C20H29FN4O2S2/c1-4-25(5-2)29(26,27)19-10-9-18(28-19)12-14-24-20(22-3)23-13-11-16-7-6-8-17(21)15-16/h6-10,15H,4-5,11-14H2,1-3H3,(H2,22,23,24). The van der Waals surface area contributed by atoms with E-state index in [1.165, 1.54) is 27.8 Å². The van der Waals surface area contributed by atoms with Gasteiger partial charge in [0.25, 0.3) is 10.0 Å². The van der Waals surface area contributed by atoms with E-state index in [0.717, 1.165) is 10.4 Å². The van der Waals surface area contributed by atoms with Gasteiger partial charge in [-0.3, -0.25) is 4.99 Å². The Morgan fingerprint density at radius 1 is 1.10 bits per heavy atom. The molecule has 0 unspecified atom stereocenters. The number of hydrogen-bond donors (Lipinski definition) is 2. The zero-order valence-electron chi connectivity index (χ0n) is 17.1. The smallest absolute Gasteiger partial charge is 0.252 e. The van der Waals surface area contributed by atoms with Crippen LogP contribution in [-0.2, 0) is 22.9 Å². The minimum atomic E-state index is -3.40. The topological polar surface area (TPSA) is 73.8 Å². The SMILES string of the molecule is CCN(CC)S(=O)(=O)c1ccc(CCNC(=NC)NCCc2cccc(F)c2)s1. The summed E-state index contributed by atoms with van der Waals surface area (Å²) in [6.45, 7) is 5.87. The molecule has 0 aliphatic heterocycles. The number of nitrogens with one attached hydrogen (secondary N) is 2. The van der Waals surface area contributed by atoms with Gasteiger partial charge < -0.3 is 10.6 Å². The number of thiophene rings is 1. The Bertz CT molecular complexity index is 909. The van der Waals surface area contributed by atoms with Gasteiger partial charge in [-0.25, -0.2) is 12.8 Å². The molecule has 0 aliphatic carbocycles. The zero-order chi connectivity index (χ0) is 21.3. The highest BCUT2D eigenvalue weighted by Gasteiger charge is 2.23. The van der Waals surface area contributed by atoms with Gasteiger partial charge in [0.1, 0.15) is 10.0 Å². The molecular formula is C20H29FN4O2S2. The largest absolute Gasteiger partial charge is 0.356 e. The predicted octanol–water partition coefficient (Wildman–Crippen LogP) is 2.87. The summed E-state index contributed by atoms with van der Waals surface area (Å²) < 4.78 is 40.2. The third-order valence-electron chi connectivity index (χ3n) is 4.42. The van der Waals surface area contributed by atoms with Crippen LogP contribution in [0, 0.1) is 5.82 Å². The Kier molecular flexibility index (Phi) is 9.06. The molecule has 6 nitrogen and oxygen atoms in total. The second kappa shape index (κ2) is 11.3. The van der Waals surface area contributed by atoms with Gasteiger partial charge in [0.15, 0.2) is 5.96 Å². The van der Waals surface area contributed by atoms with Crippen LogP contribution in [0.3, 0.4) is 0 Å². The summed E-state index contributed by atoms with van der Waals surface area (Å²) in [5.74, 6) is 0.428. The Labute approximate surface area is 176 Å². The van der Waals surface area contributed by atoms with E-state index in [2.05, 4.69) is 15.6 Å². The minimum Gasteiger partial charge on any atom is -0.356 e. The highest BCUT2D eigenvalue weighted by molar-refractivity contribution is 7.91. The molecule has 0 amide bonds. The maximum atomic E-state index is 13.2. The van der Waals surface area contributed by atoms with E-state index in [0.29, 0.717) is 49.2 Å². The van der Waals surface area contributed by atoms with Crippen LogP contribution in [0.1, 0.15) is 24.3 Å². The van der Waals surface area contributed by atoms with Gasteiger partial charge in [0.2, 0.25) is 0 Å². The molecular weight excluding hydrogens is 411 g/mol.